The largest absolute Gasteiger partial charge is 0.419 e. The Labute approximate surface area is 119 Å². The van der Waals surface area contributed by atoms with Crippen LogP contribution in [0.3, 0.4) is 0 Å². The molecule has 0 aliphatic carbocycles. The zero-order chi connectivity index (χ0) is 14.4. The molecule has 104 valence electrons. The summed E-state index contributed by atoms with van der Waals surface area (Å²) in [5.74, 6) is 0.571. The van der Waals surface area contributed by atoms with Crippen molar-refractivity contribution in [1.82, 2.24) is 0 Å². The van der Waals surface area contributed by atoms with E-state index in [1.54, 1.807) is 4.90 Å². The summed E-state index contributed by atoms with van der Waals surface area (Å²) < 4.78 is 5.41. The highest BCUT2D eigenvalue weighted by atomic mass is 16.6. The predicted molar refractivity (Wildman–Crippen MR) is 81.3 cm³/mol. The van der Waals surface area contributed by atoms with E-state index in [1.807, 2.05) is 61.5 Å². The number of rotatable bonds is 4. The van der Waals surface area contributed by atoms with E-state index in [2.05, 4.69) is 6.92 Å². The Morgan fingerprint density at radius 2 is 1.65 bits per heavy atom. The van der Waals surface area contributed by atoms with Gasteiger partial charge in [0, 0.05) is 12.2 Å². The predicted octanol–water partition coefficient (Wildman–Crippen LogP) is 4.27. The van der Waals surface area contributed by atoms with Gasteiger partial charge in [-0.2, -0.15) is 0 Å². The second-order valence-electron chi connectivity index (χ2n) is 4.45. The topological polar surface area (TPSA) is 29.5 Å². The average molecular weight is 269 g/mol. The molecule has 0 fully saturated rings. The maximum absolute atomic E-state index is 12.2. The number of hydrogen-bond acceptors (Lipinski definition) is 2. The van der Waals surface area contributed by atoms with Gasteiger partial charge in [-0.25, -0.2) is 4.79 Å². The minimum absolute atomic E-state index is 0.358. The Kier molecular flexibility index (Phi) is 4.77. The summed E-state index contributed by atoms with van der Waals surface area (Å²) >= 11 is 0. The van der Waals surface area contributed by atoms with E-state index in [4.69, 9.17) is 4.74 Å². The van der Waals surface area contributed by atoms with Crippen molar-refractivity contribution in [2.24, 2.45) is 0 Å². The molecule has 3 nitrogen and oxygen atoms in total. The number of carbonyl (C=O) groups excluding carboxylic acids is 1. The fourth-order valence-corrected chi connectivity index (χ4v) is 1.97. The molecule has 0 spiro atoms. The first-order chi connectivity index (χ1) is 9.74. The lowest BCUT2D eigenvalue weighted by Gasteiger charge is -2.20. The summed E-state index contributed by atoms with van der Waals surface area (Å²) in [5.41, 5.74) is 2.06. The maximum Gasteiger partial charge on any atom is 0.419 e. The van der Waals surface area contributed by atoms with Crippen LogP contribution < -0.4 is 9.64 Å². The van der Waals surface area contributed by atoms with Crippen LogP contribution in [-0.2, 0) is 6.42 Å². The molecule has 0 radical (unpaired) electrons. The van der Waals surface area contributed by atoms with E-state index in [9.17, 15) is 4.79 Å². The van der Waals surface area contributed by atoms with Crippen LogP contribution in [0.5, 0.6) is 5.75 Å². The van der Waals surface area contributed by atoms with Crippen LogP contribution in [0.15, 0.2) is 54.6 Å². The van der Waals surface area contributed by atoms with Crippen molar-refractivity contribution in [2.75, 3.05) is 11.4 Å². The Morgan fingerprint density at radius 1 is 1.00 bits per heavy atom. The van der Waals surface area contributed by atoms with E-state index < -0.39 is 0 Å². The van der Waals surface area contributed by atoms with Crippen LogP contribution in [0.2, 0.25) is 0 Å². The maximum atomic E-state index is 12.2. The Hall–Kier alpha value is -2.29. The first-order valence-corrected chi connectivity index (χ1v) is 6.88. The van der Waals surface area contributed by atoms with Gasteiger partial charge in [0.05, 0.1) is 0 Å². The molecule has 0 aliphatic rings. The molecule has 0 saturated carbocycles. The van der Waals surface area contributed by atoms with Crippen LogP contribution in [0.4, 0.5) is 10.5 Å². The van der Waals surface area contributed by atoms with Crippen LogP contribution in [0.25, 0.3) is 0 Å². The lowest BCUT2D eigenvalue weighted by molar-refractivity contribution is 0.208. The molecule has 2 aromatic rings. The molecular formula is C17H19NO2. The Bertz CT molecular complexity index is 549. The fraction of sp³-hybridized carbons (Fsp3) is 0.235. The molecule has 0 bridgehead atoms. The van der Waals surface area contributed by atoms with Gasteiger partial charge in [-0.3, -0.25) is 4.90 Å². The molecular weight excluding hydrogens is 250 g/mol. The highest BCUT2D eigenvalue weighted by Crippen LogP contribution is 2.17. The lowest BCUT2D eigenvalue weighted by Crippen LogP contribution is -2.33. The van der Waals surface area contributed by atoms with Crippen molar-refractivity contribution in [3.8, 4) is 5.75 Å². The van der Waals surface area contributed by atoms with Crippen molar-refractivity contribution in [3.05, 3.63) is 60.2 Å². The molecule has 2 aromatic carbocycles. The Morgan fingerprint density at radius 3 is 2.20 bits per heavy atom. The van der Waals surface area contributed by atoms with Crippen molar-refractivity contribution >= 4 is 11.8 Å². The van der Waals surface area contributed by atoms with Crippen molar-refractivity contribution in [3.63, 3.8) is 0 Å². The molecule has 20 heavy (non-hydrogen) atoms. The summed E-state index contributed by atoms with van der Waals surface area (Å²) in [5, 5.41) is 0. The number of aryl methyl sites for hydroxylation is 1. The third-order valence-corrected chi connectivity index (χ3v) is 3.14. The third-order valence-electron chi connectivity index (χ3n) is 3.14. The molecule has 1 amide bonds. The molecule has 0 aliphatic heterocycles. The van der Waals surface area contributed by atoms with Crippen molar-refractivity contribution in [2.45, 2.75) is 20.3 Å². The molecule has 0 saturated heterocycles. The van der Waals surface area contributed by atoms with Crippen molar-refractivity contribution in [1.29, 1.82) is 0 Å². The normalized spacial score (nSPS) is 10.1. The highest BCUT2D eigenvalue weighted by Gasteiger charge is 2.15. The molecule has 0 atom stereocenters. The summed E-state index contributed by atoms with van der Waals surface area (Å²) in [6.07, 6.45) is 0.613. The van der Waals surface area contributed by atoms with Gasteiger partial charge < -0.3 is 4.74 Å². The van der Waals surface area contributed by atoms with Gasteiger partial charge in [0.2, 0.25) is 0 Å². The number of benzene rings is 2. The van der Waals surface area contributed by atoms with Gasteiger partial charge in [-0.05, 0) is 43.2 Å². The number of amides is 1. The van der Waals surface area contributed by atoms with Gasteiger partial charge in [0.25, 0.3) is 0 Å². The number of hydrogen-bond donors (Lipinski definition) is 0. The third kappa shape index (κ3) is 3.38. The van der Waals surface area contributed by atoms with Crippen LogP contribution in [-0.4, -0.2) is 12.6 Å². The first-order valence-electron chi connectivity index (χ1n) is 6.88. The molecule has 0 N–H and O–H groups in total. The minimum Gasteiger partial charge on any atom is -0.410 e. The Balaban J connectivity index is 2.09. The van der Waals surface area contributed by atoms with E-state index in [0.29, 0.717) is 12.3 Å². The van der Waals surface area contributed by atoms with Crippen LogP contribution >= 0.6 is 0 Å². The fourth-order valence-electron chi connectivity index (χ4n) is 1.97. The highest BCUT2D eigenvalue weighted by molar-refractivity contribution is 5.89. The summed E-state index contributed by atoms with van der Waals surface area (Å²) in [7, 11) is 0. The number of anilines is 1. The second kappa shape index (κ2) is 6.75. The number of carbonyl (C=O) groups is 1. The number of nitrogens with zero attached hydrogens (tertiary/aromatic N) is 1. The monoisotopic (exact) mass is 269 g/mol. The van der Waals surface area contributed by atoms with Crippen LogP contribution in [0.1, 0.15) is 19.4 Å². The number of para-hydroxylation sites is 1. The first kappa shape index (κ1) is 14.1. The summed E-state index contributed by atoms with van der Waals surface area (Å²) in [4.78, 5) is 13.8. The van der Waals surface area contributed by atoms with E-state index in [0.717, 1.165) is 12.1 Å². The minimum atomic E-state index is -0.358. The molecule has 2 rings (SSSR count). The second-order valence-corrected chi connectivity index (χ2v) is 4.45. The molecule has 0 unspecified atom stereocenters. The van der Waals surface area contributed by atoms with E-state index in [1.165, 1.54) is 5.56 Å². The molecule has 0 heterocycles. The standard InChI is InChI=1S/C17H19NO2/c1-3-14-10-12-16(13-11-14)20-17(19)18(4-2)15-8-6-5-7-9-15/h5-13H,3-4H2,1-2H3. The van der Waals surface area contributed by atoms with E-state index >= 15 is 0 Å². The summed E-state index contributed by atoms with van der Waals surface area (Å²) in [6.45, 7) is 4.58. The lowest BCUT2D eigenvalue weighted by atomic mass is 10.2. The molecule has 3 heteroatoms. The van der Waals surface area contributed by atoms with Gasteiger partial charge in [-0.15, -0.1) is 0 Å². The van der Waals surface area contributed by atoms with Gasteiger partial charge in [-0.1, -0.05) is 37.3 Å². The van der Waals surface area contributed by atoms with Gasteiger partial charge in [0.1, 0.15) is 5.75 Å². The van der Waals surface area contributed by atoms with Crippen molar-refractivity contribution < 1.29 is 9.53 Å². The number of ether oxygens (including phenoxy) is 1. The zero-order valence-corrected chi connectivity index (χ0v) is 11.9. The quantitative estimate of drug-likeness (QED) is 0.829. The zero-order valence-electron chi connectivity index (χ0n) is 11.9. The van der Waals surface area contributed by atoms with Gasteiger partial charge in [0.15, 0.2) is 0 Å². The molecule has 0 aromatic heterocycles. The smallest absolute Gasteiger partial charge is 0.410 e. The average Bonchev–Trinajstić information content (AvgIpc) is 2.50. The van der Waals surface area contributed by atoms with Crippen LogP contribution in [0, 0.1) is 0 Å². The van der Waals surface area contributed by atoms with E-state index in [-0.39, 0.29) is 6.09 Å². The van der Waals surface area contributed by atoms with Gasteiger partial charge >= 0.3 is 6.09 Å². The SMILES string of the molecule is CCc1ccc(OC(=O)N(CC)c2ccccc2)cc1. The summed E-state index contributed by atoms with van der Waals surface area (Å²) in [6, 6.07) is 17.1.